The number of aliphatic hydroxyl groups is 1. The van der Waals surface area contributed by atoms with Crippen molar-refractivity contribution in [2.24, 2.45) is 0 Å². The van der Waals surface area contributed by atoms with Crippen LogP contribution in [-0.2, 0) is 12.8 Å². The molecule has 2 aliphatic rings. The van der Waals surface area contributed by atoms with Gasteiger partial charge in [0.25, 0.3) is 0 Å². The molecule has 3 rings (SSSR count). The molecule has 0 unspecified atom stereocenters. The molecule has 0 spiro atoms. The highest BCUT2D eigenvalue weighted by atomic mass is 32.2. The fraction of sp³-hybridized carbons (Fsp3) is 0.600. The first-order valence-corrected chi connectivity index (χ1v) is 7.98. The van der Waals surface area contributed by atoms with E-state index in [1.54, 1.807) is 0 Å². The van der Waals surface area contributed by atoms with E-state index in [9.17, 15) is 5.11 Å². The van der Waals surface area contributed by atoms with Crippen LogP contribution in [0.5, 0.6) is 0 Å². The van der Waals surface area contributed by atoms with E-state index in [0.717, 1.165) is 25.8 Å². The summed E-state index contributed by atoms with van der Waals surface area (Å²) in [5.41, 5.74) is 4.03. The Morgan fingerprint density at radius 3 is 3.06 bits per heavy atom. The Kier molecular flexibility index (Phi) is 3.64. The zero-order chi connectivity index (χ0) is 12.5. The zero-order valence-corrected chi connectivity index (χ0v) is 11.7. The molecule has 1 heterocycles. The van der Waals surface area contributed by atoms with Crippen LogP contribution in [0.3, 0.4) is 0 Å². The second-order valence-electron chi connectivity index (χ2n) is 5.30. The van der Waals surface area contributed by atoms with Gasteiger partial charge in [0.1, 0.15) is 0 Å². The predicted molar refractivity (Wildman–Crippen MR) is 76.2 cm³/mol. The van der Waals surface area contributed by atoms with Crippen LogP contribution in [0, 0.1) is 0 Å². The van der Waals surface area contributed by atoms with Gasteiger partial charge in [-0.05, 0) is 55.0 Å². The molecule has 0 aromatic heterocycles. The molecule has 0 saturated carbocycles. The summed E-state index contributed by atoms with van der Waals surface area (Å²) in [5.74, 6) is 1.20. The van der Waals surface area contributed by atoms with Crippen molar-refractivity contribution >= 4 is 11.8 Å². The summed E-state index contributed by atoms with van der Waals surface area (Å²) in [4.78, 5) is 1.39. The maximum Gasteiger partial charge on any atom is 0.0946 e. The monoisotopic (exact) mass is 263 g/mol. The van der Waals surface area contributed by atoms with E-state index in [4.69, 9.17) is 0 Å². The number of nitrogens with one attached hydrogen (secondary N) is 1. The van der Waals surface area contributed by atoms with Crippen LogP contribution in [0.25, 0.3) is 0 Å². The van der Waals surface area contributed by atoms with E-state index in [1.165, 1.54) is 33.8 Å². The Balaban J connectivity index is 1.86. The Labute approximate surface area is 113 Å². The second kappa shape index (κ2) is 5.24. The van der Waals surface area contributed by atoms with Crippen molar-refractivity contribution < 1.29 is 5.11 Å². The maximum absolute atomic E-state index is 10.5. The molecule has 3 heteroatoms. The molecule has 18 heavy (non-hydrogen) atoms. The molecule has 1 aromatic carbocycles. The lowest BCUT2D eigenvalue weighted by atomic mass is 9.84. The normalized spacial score (nSPS) is 25.9. The van der Waals surface area contributed by atoms with E-state index in [-0.39, 0.29) is 12.1 Å². The molecule has 2 N–H and O–H groups in total. The Bertz CT molecular complexity index is 446. The minimum Gasteiger partial charge on any atom is -0.387 e. The summed E-state index contributed by atoms with van der Waals surface area (Å²) in [6.07, 6.45) is 4.15. The van der Waals surface area contributed by atoms with Crippen molar-refractivity contribution in [3.05, 3.63) is 28.8 Å². The van der Waals surface area contributed by atoms with Crippen LogP contribution in [0.2, 0.25) is 0 Å². The molecule has 0 saturated heterocycles. The van der Waals surface area contributed by atoms with E-state index in [2.05, 4.69) is 24.4 Å². The van der Waals surface area contributed by atoms with Gasteiger partial charge in [0.2, 0.25) is 0 Å². The average molecular weight is 263 g/mol. The van der Waals surface area contributed by atoms with Crippen LogP contribution in [-0.4, -0.2) is 23.4 Å². The summed E-state index contributed by atoms with van der Waals surface area (Å²) in [6, 6.07) is 4.82. The molecule has 0 amide bonds. The first-order valence-electron chi connectivity index (χ1n) is 6.99. The highest BCUT2D eigenvalue weighted by Crippen LogP contribution is 2.38. The van der Waals surface area contributed by atoms with Crippen molar-refractivity contribution in [3.63, 3.8) is 0 Å². The Morgan fingerprint density at radius 2 is 2.22 bits per heavy atom. The molecule has 1 aromatic rings. The van der Waals surface area contributed by atoms with Gasteiger partial charge in [-0.25, -0.2) is 0 Å². The third-order valence-corrected chi connectivity index (χ3v) is 5.13. The largest absolute Gasteiger partial charge is 0.387 e. The number of aliphatic hydroxyl groups excluding tert-OH is 1. The molecule has 0 radical (unpaired) electrons. The van der Waals surface area contributed by atoms with E-state index in [1.807, 2.05) is 11.8 Å². The van der Waals surface area contributed by atoms with Crippen LogP contribution < -0.4 is 5.32 Å². The highest BCUT2D eigenvalue weighted by molar-refractivity contribution is 7.99. The zero-order valence-electron chi connectivity index (χ0n) is 10.9. The molecule has 0 bridgehead atoms. The van der Waals surface area contributed by atoms with Crippen molar-refractivity contribution in [2.45, 2.75) is 49.6 Å². The lowest BCUT2D eigenvalue weighted by Gasteiger charge is -2.31. The van der Waals surface area contributed by atoms with Crippen molar-refractivity contribution in [1.82, 2.24) is 5.32 Å². The number of rotatable bonds is 3. The van der Waals surface area contributed by atoms with Gasteiger partial charge in [0, 0.05) is 16.7 Å². The minimum atomic E-state index is -0.327. The minimum absolute atomic E-state index is 0.238. The van der Waals surface area contributed by atoms with Gasteiger partial charge in [-0.3, -0.25) is 0 Å². The van der Waals surface area contributed by atoms with Crippen LogP contribution >= 0.6 is 11.8 Å². The summed E-state index contributed by atoms with van der Waals surface area (Å²) in [6.45, 7) is 3.16. The summed E-state index contributed by atoms with van der Waals surface area (Å²) >= 11 is 1.93. The maximum atomic E-state index is 10.5. The summed E-state index contributed by atoms with van der Waals surface area (Å²) in [5, 5.41) is 14.0. The van der Waals surface area contributed by atoms with Gasteiger partial charge >= 0.3 is 0 Å². The molecule has 1 aliphatic heterocycles. The molecule has 98 valence electrons. The van der Waals surface area contributed by atoms with Crippen molar-refractivity contribution in [3.8, 4) is 0 Å². The summed E-state index contributed by atoms with van der Waals surface area (Å²) in [7, 11) is 0. The highest BCUT2D eigenvalue weighted by Gasteiger charge is 2.29. The number of thioether (sulfide) groups is 1. The molecule has 2 nitrogen and oxygen atoms in total. The number of hydrogen-bond donors (Lipinski definition) is 2. The fourth-order valence-corrected chi connectivity index (χ4v) is 4.11. The molecular weight excluding hydrogens is 242 g/mol. The van der Waals surface area contributed by atoms with E-state index in [0.29, 0.717) is 0 Å². The van der Waals surface area contributed by atoms with Gasteiger partial charge in [-0.1, -0.05) is 13.0 Å². The lowest BCUT2D eigenvalue weighted by Crippen LogP contribution is -2.38. The quantitative estimate of drug-likeness (QED) is 0.879. The molecule has 1 aliphatic carbocycles. The average Bonchev–Trinajstić information content (AvgIpc) is 2.83. The molecule has 0 fully saturated rings. The fourth-order valence-electron chi connectivity index (χ4n) is 3.01. The van der Waals surface area contributed by atoms with E-state index >= 15 is 0 Å². The second-order valence-corrected chi connectivity index (χ2v) is 6.44. The van der Waals surface area contributed by atoms with E-state index < -0.39 is 0 Å². The van der Waals surface area contributed by atoms with Crippen molar-refractivity contribution in [1.29, 1.82) is 0 Å². The topological polar surface area (TPSA) is 32.3 Å². The van der Waals surface area contributed by atoms with Crippen LogP contribution in [0.1, 0.15) is 42.6 Å². The van der Waals surface area contributed by atoms with Crippen LogP contribution in [0.15, 0.2) is 17.0 Å². The van der Waals surface area contributed by atoms with Gasteiger partial charge in [-0.15, -0.1) is 11.8 Å². The standard InChI is InChI=1S/C15H21NOS/c1-2-6-16-13-4-3-10-8-11-5-7-18-14(11)9-12(10)15(13)17/h8-9,13,15-17H,2-7H2,1H3/t13-,15-/m0/s1. The molecular formula is C15H21NOS. The Hall–Kier alpha value is -0.510. The van der Waals surface area contributed by atoms with Crippen LogP contribution in [0.4, 0.5) is 0 Å². The number of fused-ring (bicyclic) bond motifs is 2. The Morgan fingerprint density at radius 1 is 1.33 bits per heavy atom. The molecule has 2 atom stereocenters. The first kappa shape index (κ1) is 12.5. The number of hydrogen-bond acceptors (Lipinski definition) is 3. The third-order valence-electron chi connectivity index (χ3n) is 4.03. The SMILES string of the molecule is CCCN[C@H]1CCc2cc3c(cc2[C@@H]1O)SCC3. The smallest absolute Gasteiger partial charge is 0.0946 e. The van der Waals surface area contributed by atoms with Gasteiger partial charge in [0.15, 0.2) is 0 Å². The number of aryl methyl sites for hydroxylation is 2. The van der Waals surface area contributed by atoms with Crippen molar-refractivity contribution in [2.75, 3.05) is 12.3 Å². The first-order chi connectivity index (χ1) is 8.79. The van der Waals surface area contributed by atoms with Gasteiger partial charge in [0.05, 0.1) is 6.10 Å². The summed E-state index contributed by atoms with van der Waals surface area (Å²) < 4.78 is 0. The van der Waals surface area contributed by atoms with Gasteiger partial charge in [-0.2, -0.15) is 0 Å². The third kappa shape index (κ3) is 2.20. The number of benzene rings is 1. The van der Waals surface area contributed by atoms with Gasteiger partial charge < -0.3 is 10.4 Å². The lowest BCUT2D eigenvalue weighted by molar-refractivity contribution is 0.115. The predicted octanol–water partition coefficient (Wildman–Crippen LogP) is 2.68.